The molecule has 1 atom stereocenters. The number of ether oxygens (including phenoxy) is 2. The Balaban J connectivity index is 0.00000300. The van der Waals surface area contributed by atoms with Crippen molar-refractivity contribution in [1.82, 2.24) is 15.5 Å². The highest BCUT2D eigenvalue weighted by Gasteiger charge is 2.42. The minimum absolute atomic E-state index is 0. The highest BCUT2D eigenvalue weighted by molar-refractivity contribution is 14.0. The van der Waals surface area contributed by atoms with Crippen LogP contribution in [0.3, 0.4) is 0 Å². The van der Waals surface area contributed by atoms with E-state index in [9.17, 15) is 13.6 Å². The molecule has 162 valence electrons. The van der Waals surface area contributed by atoms with E-state index < -0.39 is 6.61 Å². The van der Waals surface area contributed by atoms with Gasteiger partial charge in [0.1, 0.15) is 0 Å². The number of guanidine groups is 1. The Labute approximate surface area is 186 Å². The number of alkyl halides is 2. The third-order valence-electron chi connectivity index (χ3n) is 5.26. The number of nitrogens with zero attached hydrogens (tertiary/aromatic N) is 2. The Morgan fingerprint density at radius 1 is 1.41 bits per heavy atom. The van der Waals surface area contributed by atoms with Crippen molar-refractivity contribution in [2.75, 3.05) is 33.8 Å². The highest BCUT2D eigenvalue weighted by atomic mass is 127. The molecule has 1 amide bonds. The number of nitrogens with one attached hydrogen (secondary N) is 2. The summed E-state index contributed by atoms with van der Waals surface area (Å²) in [5.74, 6) is 1.09. The third-order valence-corrected chi connectivity index (χ3v) is 5.26. The number of likely N-dealkylation sites (tertiary alicyclic amines) is 1. The fourth-order valence-corrected chi connectivity index (χ4v) is 3.96. The first kappa shape index (κ1) is 23.4. The Morgan fingerprint density at radius 3 is 2.83 bits per heavy atom. The van der Waals surface area contributed by atoms with E-state index in [-0.39, 0.29) is 46.8 Å². The second-order valence-corrected chi connectivity index (χ2v) is 7.24. The van der Waals surface area contributed by atoms with E-state index in [1.807, 2.05) is 0 Å². The number of halogens is 3. The Kier molecular flexibility index (Phi) is 8.29. The lowest BCUT2D eigenvalue weighted by molar-refractivity contribution is -0.119. The van der Waals surface area contributed by atoms with Crippen LogP contribution in [0.1, 0.15) is 24.8 Å². The largest absolute Gasteiger partial charge is 0.493 e. The van der Waals surface area contributed by atoms with Crippen molar-refractivity contribution in [1.29, 1.82) is 0 Å². The number of rotatable bonds is 5. The molecule has 29 heavy (non-hydrogen) atoms. The van der Waals surface area contributed by atoms with Gasteiger partial charge in [-0.2, -0.15) is 8.78 Å². The molecule has 2 aliphatic heterocycles. The summed E-state index contributed by atoms with van der Waals surface area (Å²) in [6, 6.07) is 4.92. The summed E-state index contributed by atoms with van der Waals surface area (Å²) in [4.78, 5) is 18.2. The molecule has 1 spiro atoms. The van der Waals surface area contributed by atoms with Crippen LogP contribution in [0.5, 0.6) is 11.5 Å². The van der Waals surface area contributed by atoms with E-state index >= 15 is 0 Å². The van der Waals surface area contributed by atoms with Gasteiger partial charge in [0.05, 0.1) is 7.11 Å². The molecule has 1 aromatic rings. The van der Waals surface area contributed by atoms with Crippen molar-refractivity contribution in [3.8, 4) is 11.5 Å². The summed E-state index contributed by atoms with van der Waals surface area (Å²) in [5.41, 5.74) is 0.729. The van der Waals surface area contributed by atoms with E-state index in [0.717, 1.165) is 37.5 Å². The van der Waals surface area contributed by atoms with Gasteiger partial charge < -0.3 is 25.0 Å². The summed E-state index contributed by atoms with van der Waals surface area (Å²) in [5, 5.41) is 6.21. The molecular formula is C19H27F2IN4O3. The van der Waals surface area contributed by atoms with Crippen LogP contribution >= 0.6 is 24.0 Å². The van der Waals surface area contributed by atoms with Gasteiger partial charge in [-0.25, -0.2) is 0 Å². The van der Waals surface area contributed by atoms with Crippen LogP contribution in [-0.4, -0.2) is 57.2 Å². The smallest absolute Gasteiger partial charge is 0.387 e. The number of hydrogen-bond acceptors (Lipinski definition) is 4. The lowest BCUT2D eigenvalue weighted by atomic mass is 9.79. The van der Waals surface area contributed by atoms with Crippen LogP contribution in [0.25, 0.3) is 0 Å². The van der Waals surface area contributed by atoms with Gasteiger partial charge in [-0.05, 0) is 30.5 Å². The standard InChI is InChI=1S/C19H26F2N4O3.HI/c1-22-18(25-7-3-6-19(12-25)9-16(26)24-11-19)23-10-13-4-5-14(27-2)15(8-13)28-17(20)21;/h4-5,8,17H,3,6-7,9-12H2,1-2H3,(H,22,23)(H,24,26);1H. The van der Waals surface area contributed by atoms with Crippen molar-refractivity contribution >= 4 is 35.8 Å². The molecule has 0 aliphatic carbocycles. The van der Waals surface area contributed by atoms with Crippen LogP contribution < -0.4 is 20.1 Å². The number of benzene rings is 1. The molecule has 7 nitrogen and oxygen atoms in total. The van der Waals surface area contributed by atoms with Gasteiger partial charge in [0.25, 0.3) is 0 Å². The monoisotopic (exact) mass is 524 g/mol. The van der Waals surface area contributed by atoms with Crippen LogP contribution in [0.2, 0.25) is 0 Å². The van der Waals surface area contributed by atoms with Gasteiger partial charge in [0, 0.05) is 45.1 Å². The SMILES string of the molecule is CN=C(NCc1ccc(OC)c(OC(F)F)c1)N1CCCC2(CNC(=O)C2)C1.I. The molecule has 0 bridgehead atoms. The quantitative estimate of drug-likeness (QED) is 0.352. The number of carbonyl (C=O) groups excluding carboxylic acids is 1. The van der Waals surface area contributed by atoms with Crippen LogP contribution in [0.15, 0.2) is 23.2 Å². The normalized spacial score (nSPS) is 21.8. The summed E-state index contributed by atoms with van der Waals surface area (Å²) < 4.78 is 34.8. The molecule has 0 saturated carbocycles. The zero-order chi connectivity index (χ0) is 20.1. The Morgan fingerprint density at radius 2 is 2.21 bits per heavy atom. The van der Waals surface area contributed by atoms with E-state index in [2.05, 4.69) is 25.3 Å². The van der Waals surface area contributed by atoms with Crippen molar-refractivity contribution in [2.24, 2.45) is 10.4 Å². The van der Waals surface area contributed by atoms with E-state index in [1.54, 1.807) is 19.2 Å². The predicted octanol–water partition coefficient (Wildman–Crippen LogP) is 2.59. The first-order valence-electron chi connectivity index (χ1n) is 9.29. The fourth-order valence-electron chi connectivity index (χ4n) is 3.96. The van der Waals surface area contributed by atoms with Crippen molar-refractivity contribution in [2.45, 2.75) is 32.4 Å². The minimum atomic E-state index is -2.92. The lowest BCUT2D eigenvalue weighted by Gasteiger charge is -2.40. The predicted molar refractivity (Wildman–Crippen MR) is 116 cm³/mol. The summed E-state index contributed by atoms with van der Waals surface area (Å²) >= 11 is 0. The number of hydrogen-bond donors (Lipinski definition) is 2. The van der Waals surface area contributed by atoms with Crippen molar-refractivity contribution in [3.63, 3.8) is 0 Å². The van der Waals surface area contributed by atoms with Gasteiger partial charge in [-0.1, -0.05) is 6.07 Å². The first-order chi connectivity index (χ1) is 13.4. The molecule has 3 rings (SSSR count). The van der Waals surface area contributed by atoms with Crippen LogP contribution in [-0.2, 0) is 11.3 Å². The number of aliphatic imine (C=N–C) groups is 1. The minimum Gasteiger partial charge on any atom is -0.493 e. The molecule has 2 saturated heterocycles. The third kappa shape index (κ3) is 5.83. The Bertz CT molecular complexity index is 750. The molecule has 0 radical (unpaired) electrons. The maximum absolute atomic E-state index is 12.6. The van der Waals surface area contributed by atoms with Gasteiger partial charge in [0.2, 0.25) is 5.91 Å². The molecular weight excluding hydrogens is 497 g/mol. The van der Waals surface area contributed by atoms with Crippen molar-refractivity contribution in [3.05, 3.63) is 23.8 Å². The first-order valence-corrected chi connectivity index (χ1v) is 9.29. The summed E-state index contributed by atoms with van der Waals surface area (Å²) in [6.07, 6.45) is 2.56. The number of methoxy groups -OCH3 is 1. The summed E-state index contributed by atoms with van der Waals surface area (Å²) in [6.45, 7) is -0.202. The maximum atomic E-state index is 12.6. The molecule has 10 heteroatoms. The zero-order valence-corrected chi connectivity index (χ0v) is 18.9. The van der Waals surface area contributed by atoms with Gasteiger partial charge in [-0.3, -0.25) is 9.79 Å². The lowest BCUT2D eigenvalue weighted by Crippen LogP contribution is -2.51. The molecule has 2 fully saturated rings. The molecule has 2 heterocycles. The molecule has 1 unspecified atom stereocenters. The number of carbonyl (C=O) groups is 1. The van der Waals surface area contributed by atoms with E-state index in [4.69, 9.17) is 4.74 Å². The molecule has 2 N–H and O–H groups in total. The van der Waals surface area contributed by atoms with Gasteiger partial charge in [0.15, 0.2) is 17.5 Å². The molecule has 1 aromatic carbocycles. The van der Waals surface area contributed by atoms with Crippen molar-refractivity contribution < 1.29 is 23.0 Å². The highest BCUT2D eigenvalue weighted by Crippen LogP contribution is 2.36. The zero-order valence-electron chi connectivity index (χ0n) is 16.5. The average molecular weight is 524 g/mol. The summed E-state index contributed by atoms with van der Waals surface area (Å²) in [7, 11) is 3.11. The fraction of sp³-hybridized carbons (Fsp3) is 0.579. The molecule has 2 aliphatic rings. The van der Waals surface area contributed by atoms with E-state index in [1.165, 1.54) is 13.2 Å². The Hall–Kier alpha value is -1.85. The number of amides is 1. The van der Waals surface area contributed by atoms with Gasteiger partial charge in [-0.15, -0.1) is 24.0 Å². The number of piperidine rings is 1. The molecule has 0 aromatic heterocycles. The average Bonchev–Trinajstić information content (AvgIpc) is 3.01. The second-order valence-electron chi connectivity index (χ2n) is 7.24. The van der Waals surface area contributed by atoms with E-state index in [0.29, 0.717) is 19.5 Å². The van der Waals surface area contributed by atoms with Crippen LogP contribution in [0.4, 0.5) is 8.78 Å². The maximum Gasteiger partial charge on any atom is 0.387 e. The van der Waals surface area contributed by atoms with Crippen LogP contribution in [0, 0.1) is 5.41 Å². The topological polar surface area (TPSA) is 75.2 Å². The second kappa shape index (κ2) is 10.3. The van der Waals surface area contributed by atoms with Gasteiger partial charge >= 0.3 is 6.61 Å².